The number of aromatic hydroxyl groups is 3. The minimum atomic E-state index is -0.532. The molecule has 4 aromatic carbocycles. The van der Waals surface area contributed by atoms with E-state index in [1.165, 1.54) is 50.6 Å². The Morgan fingerprint density at radius 2 is 1.19 bits per heavy atom. The van der Waals surface area contributed by atoms with Crippen molar-refractivity contribution in [3.63, 3.8) is 0 Å². The van der Waals surface area contributed by atoms with Crippen LogP contribution in [-0.2, 0) is 0 Å². The average Bonchev–Trinajstić information content (AvgIpc) is 3.00. The summed E-state index contributed by atoms with van der Waals surface area (Å²) in [6.45, 7) is 0. The fourth-order valence-electron chi connectivity index (χ4n) is 5.01. The van der Waals surface area contributed by atoms with Gasteiger partial charge in [0.1, 0.15) is 68.0 Å². The van der Waals surface area contributed by atoms with Gasteiger partial charge < -0.3 is 38.4 Å². The van der Waals surface area contributed by atoms with Crippen LogP contribution in [0, 0.1) is 0 Å². The first kappa shape index (κ1) is 27.3. The van der Waals surface area contributed by atoms with Gasteiger partial charge in [-0.25, -0.2) is 0 Å². The van der Waals surface area contributed by atoms with Crippen LogP contribution in [0.2, 0.25) is 0 Å². The van der Waals surface area contributed by atoms with E-state index in [1.54, 1.807) is 43.5 Å². The first-order valence-corrected chi connectivity index (χ1v) is 12.9. The quantitative estimate of drug-likeness (QED) is 0.213. The Balaban J connectivity index is 1.52. The number of phenols is 3. The minimum Gasteiger partial charge on any atom is -0.507 e. The Kier molecular flexibility index (Phi) is 6.66. The van der Waals surface area contributed by atoms with Gasteiger partial charge in [-0.3, -0.25) is 9.59 Å². The maximum Gasteiger partial charge on any atom is 0.197 e. The maximum absolute atomic E-state index is 13.3. The van der Waals surface area contributed by atoms with Crippen molar-refractivity contribution in [3.8, 4) is 68.3 Å². The smallest absolute Gasteiger partial charge is 0.197 e. The number of benzene rings is 4. The van der Waals surface area contributed by atoms with Crippen LogP contribution in [0.15, 0.2) is 91.2 Å². The van der Waals surface area contributed by atoms with Crippen LogP contribution in [0.4, 0.5) is 0 Å². The number of rotatable bonds is 6. The van der Waals surface area contributed by atoms with E-state index in [9.17, 15) is 24.9 Å². The van der Waals surface area contributed by atoms with Crippen LogP contribution in [0.3, 0.4) is 0 Å². The van der Waals surface area contributed by atoms with Gasteiger partial charge in [0.05, 0.1) is 26.9 Å². The van der Waals surface area contributed by atoms with Crippen LogP contribution < -0.4 is 25.1 Å². The predicted molar refractivity (Wildman–Crippen MR) is 159 cm³/mol. The molecule has 0 bridgehead atoms. The largest absolute Gasteiger partial charge is 0.507 e. The minimum absolute atomic E-state index is 0.0103. The van der Waals surface area contributed by atoms with Crippen LogP contribution in [0.25, 0.3) is 55.7 Å². The van der Waals surface area contributed by atoms with Crippen LogP contribution in [-0.4, -0.2) is 36.6 Å². The molecule has 6 aromatic rings. The van der Waals surface area contributed by atoms with E-state index in [4.69, 9.17) is 23.0 Å². The summed E-state index contributed by atoms with van der Waals surface area (Å²) in [5.74, 6) is 0.364. The maximum atomic E-state index is 13.3. The van der Waals surface area contributed by atoms with Crippen LogP contribution >= 0.6 is 0 Å². The van der Waals surface area contributed by atoms with E-state index in [0.717, 1.165) is 0 Å². The standard InChI is InChI=1S/C33H24O10/c1-39-18-7-4-16(5-8-18)26-14-24(37)32-29(42-26)15-22(35)30(33(32)38)20-10-17(6-9-25(20)41-3)27-13-23(36)31-21(34)11-19(40-2)12-28(31)43-27/h4-15,34-35,38H,1-3H3. The van der Waals surface area contributed by atoms with Crippen molar-refractivity contribution >= 4 is 21.9 Å². The second kappa shape index (κ2) is 10.5. The van der Waals surface area contributed by atoms with Gasteiger partial charge in [0, 0.05) is 47.0 Å². The summed E-state index contributed by atoms with van der Waals surface area (Å²) in [6.07, 6.45) is 0. The van der Waals surface area contributed by atoms with Gasteiger partial charge in [-0.15, -0.1) is 0 Å². The van der Waals surface area contributed by atoms with E-state index < -0.39 is 16.6 Å². The Labute approximate surface area is 243 Å². The summed E-state index contributed by atoms with van der Waals surface area (Å²) in [5, 5.41) is 32.6. The molecule has 0 spiro atoms. The highest BCUT2D eigenvalue weighted by Gasteiger charge is 2.23. The summed E-state index contributed by atoms with van der Waals surface area (Å²) in [6, 6.07) is 18.1. The van der Waals surface area contributed by atoms with Crippen molar-refractivity contribution in [2.75, 3.05) is 21.3 Å². The zero-order valence-electron chi connectivity index (χ0n) is 23.1. The molecule has 10 heteroatoms. The first-order valence-electron chi connectivity index (χ1n) is 12.9. The molecule has 6 rings (SSSR count). The molecule has 0 saturated carbocycles. The van der Waals surface area contributed by atoms with Crippen molar-refractivity contribution < 1.29 is 38.4 Å². The number of methoxy groups -OCH3 is 3. The van der Waals surface area contributed by atoms with Gasteiger partial charge in [-0.1, -0.05) is 0 Å². The molecule has 216 valence electrons. The molecule has 0 aliphatic carbocycles. The van der Waals surface area contributed by atoms with Crippen LogP contribution in [0.1, 0.15) is 0 Å². The topological polar surface area (TPSA) is 149 Å². The molecule has 0 saturated heterocycles. The average molecular weight is 581 g/mol. The van der Waals surface area contributed by atoms with Gasteiger partial charge in [0.25, 0.3) is 0 Å². The van der Waals surface area contributed by atoms with E-state index in [0.29, 0.717) is 22.6 Å². The SMILES string of the molecule is COc1ccc(-c2cc(=O)c3c(O)c(-c4cc(-c5cc(=O)c6c(O)cc(OC)cc6o5)ccc4OC)c(O)cc3o2)cc1. The molecule has 0 radical (unpaired) electrons. The number of fused-ring (bicyclic) bond motifs is 2. The highest BCUT2D eigenvalue weighted by Crippen LogP contribution is 2.47. The van der Waals surface area contributed by atoms with Crippen molar-refractivity contribution in [2.24, 2.45) is 0 Å². The van der Waals surface area contributed by atoms with Crippen molar-refractivity contribution in [1.82, 2.24) is 0 Å². The fraction of sp³-hybridized carbons (Fsp3) is 0.0909. The summed E-state index contributed by atoms with van der Waals surface area (Å²) >= 11 is 0. The zero-order chi connectivity index (χ0) is 30.4. The van der Waals surface area contributed by atoms with Gasteiger partial charge >= 0.3 is 0 Å². The van der Waals surface area contributed by atoms with E-state index >= 15 is 0 Å². The molecule has 0 amide bonds. The molecule has 0 fully saturated rings. The zero-order valence-corrected chi connectivity index (χ0v) is 23.1. The lowest BCUT2D eigenvalue weighted by Gasteiger charge is -2.15. The third-order valence-corrected chi connectivity index (χ3v) is 7.12. The monoisotopic (exact) mass is 580 g/mol. The molecular formula is C33H24O10. The molecule has 2 heterocycles. The van der Waals surface area contributed by atoms with Crippen molar-refractivity contribution in [2.45, 2.75) is 0 Å². The molecule has 0 unspecified atom stereocenters. The lowest BCUT2D eigenvalue weighted by Crippen LogP contribution is -2.02. The molecule has 0 atom stereocenters. The highest BCUT2D eigenvalue weighted by atomic mass is 16.5. The van der Waals surface area contributed by atoms with E-state index in [2.05, 4.69) is 0 Å². The van der Waals surface area contributed by atoms with E-state index in [-0.39, 0.29) is 61.8 Å². The Morgan fingerprint density at radius 3 is 1.84 bits per heavy atom. The first-order chi connectivity index (χ1) is 20.7. The van der Waals surface area contributed by atoms with Gasteiger partial charge in [0.2, 0.25) is 0 Å². The van der Waals surface area contributed by atoms with E-state index in [1.807, 2.05) is 0 Å². The molecular weight excluding hydrogens is 556 g/mol. The Morgan fingerprint density at radius 1 is 0.581 bits per heavy atom. The molecule has 10 nitrogen and oxygen atoms in total. The number of phenolic OH excluding ortho intramolecular Hbond substituents is 3. The second-order valence-corrected chi connectivity index (χ2v) is 9.61. The number of hydrogen-bond acceptors (Lipinski definition) is 10. The Hall–Kier alpha value is -5.90. The molecule has 3 N–H and O–H groups in total. The van der Waals surface area contributed by atoms with Gasteiger partial charge in [0.15, 0.2) is 10.9 Å². The highest BCUT2D eigenvalue weighted by molar-refractivity contribution is 5.97. The van der Waals surface area contributed by atoms with Crippen molar-refractivity contribution in [3.05, 3.63) is 93.2 Å². The molecule has 0 aliphatic rings. The number of hydrogen-bond donors (Lipinski definition) is 3. The third kappa shape index (κ3) is 4.64. The van der Waals surface area contributed by atoms with Gasteiger partial charge in [-0.05, 0) is 42.5 Å². The lowest BCUT2D eigenvalue weighted by atomic mass is 9.96. The predicted octanol–water partition coefficient (Wildman–Crippen LogP) is 6.04. The summed E-state index contributed by atoms with van der Waals surface area (Å²) in [4.78, 5) is 26.2. The summed E-state index contributed by atoms with van der Waals surface area (Å²) < 4.78 is 27.7. The van der Waals surface area contributed by atoms with Crippen LogP contribution in [0.5, 0.6) is 34.5 Å². The molecule has 0 aliphatic heterocycles. The number of ether oxygens (including phenoxy) is 3. The molecule has 2 aromatic heterocycles. The summed E-state index contributed by atoms with van der Waals surface area (Å²) in [5.41, 5.74) is 0.161. The lowest BCUT2D eigenvalue weighted by molar-refractivity contribution is 0.408. The normalized spacial score (nSPS) is 11.1. The second-order valence-electron chi connectivity index (χ2n) is 9.61. The van der Waals surface area contributed by atoms with Gasteiger partial charge in [-0.2, -0.15) is 0 Å². The fourth-order valence-corrected chi connectivity index (χ4v) is 5.01. The third-order valence-electron chi connectivity index (χ3n) is 7.12. The summed E-state index contributed by atoms with van der Waals surface area (Å²) in [7, 11) is 4.37. The van der Waals surface area contributed by atoms with Crippen molar-refractivity contribution in [1.29, 1.82) is 0 Å². The molecule has 43 heavy (non-hydrogen) atoms. The Bertz CT molecular complexity index is 2160.